The Hall–Kier alpha value is -3.85. The molecule has 4 rings (SSSR count). The van der Waals surface area contributed by atoms with Crippen molar-refractivity contribution in [2.45, 2.75) is 70.6 Å². The van der Waals surface area contributed by atoms with Crippen LogP contribution in [-0.2, 0) is 19.3 Å². The summed E-state index contributed by atoms with van der Waals surface area (Å²) in [6.07, 6.45) is 11.9. The van der Waals surface area contributed by atoms with Crippen LogP contribution in [0.3, 0.4) is 0 Å². The molecule has 0 bridgehead atoms. The summed E-state index contributed by atoms with van der Waals surface area (Å²) in [5.41, 5.74) is 6.40. The van der Waals surface area contributed by atoms with Crippen LogP contribution in [0.15, 0.2) is 97.1 Å². The number of ketones is 1. The van der Waals surface area contributed by atoms with Crippen molar-refractivity contribution in [2.75, 3.05) is 0 Å². The minimum atomic E-state index is -0.361. The standard InChI is InChI=1S/C37H38B2O3/c38-33-21-14-30(15-22-33)16-27-36(40)31-17-10-28(11-18-31)8-6-4-2-1-3-5-7-9-29-12-19-32(20-13-29)37(41)42-35-25-23-34(39)24-26-35/h10-15,17-26H,1-9,16,27H2. The Balaban J connectivity index is 1.03. The maximum Gasteiger partial charge on any atom is 0.343 e. The van der Waals surface area contributed by atoms with Crippen molar-refractivity contribution in [3.8, 4) is 5.75 Å². The molecule has 4 aromatic rings. The zero-order valence-electron chi connectivity index (χ0n) is 24.4. The first-order valence-corrected chi connectivity index (χ1v) is 15.1. The Morgan fingerprint density at radius 1 is 0.476 bits per heavy atom. The summed E-state index contributed by atoms with van der Waals surface area (Å²) in [5.74, 6) is 0.313. The summed E-state index contributed by atoms with van der Waals surface area (Å²) in [6.45, 7) is 0. The van der Waals surface area contributed by atoms with Crippen molar-refractivity contribution in [3.05, 3.63) is 125 Å². The molecule has 0 heterocycles. The first-order valence-electron chi connectivity index (χ1n) is 15.1. The molecule has 0 aromatic heterocycles. The van der Waals surface area contributed by atoms with Crippen molar-refractivity contribution < 1.29 is 14.3 Å². The Morgan fingerprint density at radius 2 is 0.881 bits per heavy atom. The van der Waals surface area contributed by atoms with Crippen LogP contribution in [0.25, 0.3) is 0 Å². The molecular formula is C37H38B2O3. The third-order valence-electron chi connectivity index (χ3n) is 7.61. The second kappa shape index (κ2) is 16.6. The maximum atomic E-state index is 12.5. The van der Waals surface area contributed by atoms with Crippen LogP contribution >= 0.6 is 0 Å². The fraction of sp³-hybridized carbons (Fsp3) is 0.297. The highest BCUT2D eigenvalue weighted by atomic mass is 16.5. The summed E-state index contributed by atoms with van der Waals surface area (Å²) in [6, 6.07) is 30.4. The van der Waals surface area contributed by atoms with Gasteiger partial charge < -0.3 is 4.74 Å². The van der Waals surface area contributed by atoms with Crippen molar-refractivity contribution in [1.29, 1.82) is 0 Å². The Morgan fingerprint density at radius 3 is 1.40 bits per heavy atom. The minimum Gasteiger partial charge on any atom is -0.423 e. The van der Waals surface area contributed by atoms with Crippen molar-refractivity contribution >= 4 is 38.4 Å². The fourth-order valence-electron chi connectivity index (χ4n) is 5.00. The van der Waals surface area contributed by atoms with E-state index in [-0.39, 0.29) is 11.8 Å². The number of rotatable bonds is 16. The predicted molar refractivity (Wildman–Crippen MR) is 174 cm³/mol. The normalized spacial score (nSPS) is 10.9. The van der Waals surface area contributed by atoms with Gasteiger partial charge >= 0.3 is 5.97 Å². The Kier molecular flexibility index (Phi) is 12.3. The lowest BCUT2D eigenvalue weighted by Gasteiger charge is -2.07. The summed E-state index contributed by atoms with van der Waals surface area (Å²) in [5, 5.41) is 0. The first kappa shape index (κ1) is 31.1. The SMILES string of the molecule is [B]c1ccc(CCC(=O)c2ccc(CCCCCCCCCc3ccc(C(=O)Oc4ccc([B])cc4)cc3)cc2)cc1. The van der Waals surface area contributed by atoms with Crippen LogP contribution in [0.5, 0.6) is 5.75 Å². The lowest BCUT2D eigenvalue weighted by Crippen LogP contribution is -2.09. The van der Waals surface area contributed by atoms with Gasteiger partial charge in [0.05, 0.1) is 5.56 Å². The number of benzene rings is 4. The molecule has 5 heteroatoms. The van der Waals surface area contributed by atoms with E-state index in [1.165, 1.54) is 49.7 Å². The molecule has 0 aliphatic heterocycles. The zero-order valence-corrected chi connectivity index (χ0v) is 24.4. The number of hydrogen-bond acceptors (Lipinski definition) is 3. The summed E-state index contributed by atoms with van der Waals surface area (Å²) in [7, 11) is 11.4. The maximum absolute atomic E-state index is 12.5. The van der Waals surface area contributed by atoms with Crippen molar-refractivity contribution in [1.82, 2.24) is 0 Å². The highest BCUT2D eigenvalue weighted by molar-refractivity contribution is 6.32. The molecule has 0 amide bonds. The van der Waals surface area contributed by atoms with E-state index in [0.29, 0.717) is 23.2 Å². The van der Waals surface area contributed by atoms with Crippen LogP contribution in [0.2, 0.25) is 0 Å². The van der Waals surface area contributed by atoms with E-state index in [1.54, 1.807) is 24.3 Å². The smallest absolute Gasteiger partial charge is 0.343 e. The van der Waals surface area contributed by atoms with Gasteiger partial charge in [-0.15, -0.1) is 0 Å². The lowest BCUT2D eigenvalue weighted by molar-refractivity contribution is 0.0734. The van der Waals surface area contributed by atoms with Crippen LogP contribution < -0.4 is 15.7 Å². The van der Waals surface area contributed by atoms with E-state index >= 15 is 0 Å². The topological polar surface area (TPSA) is 43.4 Å². The van der Waals surface area contributed by atoms with Crippen molar-refractivity contribution in [2.24, 2.45) is 0 Å². The quantitative estimate of drug-likeness (QED) is 0.0504. The summed E-state index contributed by atoms with van der Waals surface area (Å²) in [4.78, 5) is 24.9. The lowest BCUT2D eigenvalue weighted by atomic mass is 9.94. The number of carbonyl (C=O) groups excluding carboxylic acids is 2. The third-order valence-corrected chi connectivity index (χ3v) is 7.61. The molecule has 0 unspecified atom stereocenters. The highest BCUT2D eigenvalue weighted by Crippen LogP contribution is 2.16. The summed E-state index contributed by atoms with van der Waals surface area (Å²) >= 11 is 0. The third kappa shape index (κ3) is 10.5. The minimum absolute atomic E-state index is 0.186. The molecule has 0 aliphatic rings. The number of hydrogen-bond donors (Lipinski definition) is 0. The second-order valence-electron chi connectivity index (χ2n) is 11.0. The molecule has 3 nitrogen and oxygen atoms in total. The molecule has 0 N–H and O–H groups in total. The van der Waals surface area contributed by atoms with Gasteiger partial charge in [0.15, 0.2) is 5.78 Å². The van der Waals surface area contributed by atoms with E-state index < -0.39 is 0 Å². The van der Waals surface area contributed by atoms with Crippen LogP contribution in [0.1, 0.15) is 88.8 Å². The molecule has 4 aromatic carbocycles. The number of aryl methyl sites for hydroxylation is 3. The monoisotopic (exact) mass is 552 g/mol. The first-order chi connectivity index (χ1) is 20.5. The summed E-state index contributed by atoms with van der Waals surface area (Å²) < 4.78 is 5.40. The van der Waals surface area contributed by atoms with Crippen LogP contribution in [0, 0.1) is 0 Å². The molecule has 0 spiro atoms. The van der Waals surface area contributed by atoms with Gasteiger partial charge in [0, 0.05) is 12.0 Å². The van der Waals surface area contributed by atoms with E-state index in [2.05, 4.69) is 12.1 Å². The van der Waals surface area contributed by atoms with Crippen LogP contribution in [-0.4, -0.2) is 27.4 Å². The van der Waals surface area contributed by atoms with Gasteiger partial charge in [-0.2, -0.15) is 0 Å². The Labute approximate surface area is 253 Å². The highest BCUT2D eigenvalue weighted by Gasteiger charge is 2.09. The predicted octanol–water partition coefficient (Wildman–Crippen LogP) is 6.82. The van der Waals surface area contributed by atoms with Gasteiger partial charge in [0.25, 0.3) is 0 Å². The van der Waals surface area contributed by atoms with Crippen LogP contribution in [0.4, 0.5) is 0 Å². The zero-order chi connectivity index (χ0) is 29.6. The molecule has 0 aliphatic carbocycles. The van der Waals surface area contributed by atoms with Gasteiger partial charge in [0.2, 0.25) is 0 Å². The molecule has 42 heavy (non-hydrogen) atoms. The molecule has 0 atom stereocenters. The largest absolute Gasteiger partial charge is 0.423 e. The van der Waals surface area contributed by atoms with Gasteiger partial charge in [0.1, 0.15) is 21.4 Å². The molecule has 210 valence electrons. The average Bonchev–Trinajstić information content (AvgIpc) is 3.01. The number of Topliss-reactive ketones (excluding diaryl/α,β-unsaturated/α-hetero) is 1. The molecule has 0 saturated carbocycles. The van der Waals surface area contributed by atoms with Gasteiger partial charge in [-0.05, 0) is 73.1 Å². The molecule has 0 fully saturated rings. The van der Waals surface area contributed by atoms with E-state index in [0.717, 1.165) is 42.3 Å². The molecule has 4 radical (unpaired) electrons. The van der Waals surface area contributed by atoms with E-state index in [1.807, 2.05) is 60.7 Å². The van der Waals surface area contributed by atoms with E-state index in [9.17, 15) is 9.59 Å². The number of ether oxygens (including phenoxy) is 1. The molecule has 0 saturated heterocycles. The van der Waals surface area contributed by atoms with Gasteiger partial charge in [-0.1, -0.05) is 116 Å². The fourth-order valence-corrected chi connectivity index (χ4v) is 5.00. The van der Waals surface area contributed by atoms with Crippen molar-refractivity contribution in [3.63, 3.8) is 0 Å². The van der Waals surface area contributed by atoms with Gasteiger partial charge in [-0.3, -0.25) is 4.79 Å². The average molecular weight is 552 g/mol. The van der Waals surface area contributed by atoms with E-state index in [4.69, 9.17) is 20.4 Å². The second-order valence-corrected chi connectivity index (χ2v) is 11.0. The van der Waals surface area contributed by atoms with Gasteiger partial charge in [-0.25, -0.2) is 4.79 Å². The molecular weight excluding hydrogens is 514 g/mol. The number of unbranched alkanes of at least 4 members (excludes halogenated alkanes) is 6. The number of esters is 1. The number of carbonyl (C=O) groups is 2. The Bertz CT molecular complexity index is 1390.